The van der Waals surface area contributed by atoms with Crippen LogP contribution >= 0.6 is 35.2 Å². The van der Waals surface area contributed by atoms with E-state index in [1.165, 1.54) is 36.6 Å². The third kappa shape index (κ3) is 5.25. The summed E-state index contributed by atoms with van der Waals surface area (Å²) in [7, 11) is 1.29. The number of hydrogen-bond donors (Lipinski definition) is 2. The maximum Gasteiger partial charge on any atom is 0.387 e. The van der Waals surface area contributed by atoms with Crippen molar-refractivity contribution >= 4 is 56.9 Å². The van der Waals surface area contributed by atoms with Crippen LogP contribution in [0.1, 0.15) is 15.2 Å². The molecule has 1 aromatic heterocycles. The van der Waals surface area contributed by atoms with Crippen molar-refractivity contribution in [2.75, 3.05) is 17.7 Å². The van der Waals surface area contributed by atoms with E-state index < -0.39 is 12.6 Å². The van der Waals surface area contributed by atoms with Gasteiger partial charge < -0.3 is 20.1 Å². The Labute approximate surface area is 156 Å². The minimum atomic E-state index is -2.96. The lowest BCUT2D eigenvalue weighted by Crippen LogP contribution is -2.20. The Morgan fingerprint density at radius 1 is 1.32 bits per heavy atom. The average molecular weight is 407 g/mol. The fourth-order valence-electron chi connectivity index (χ4n) is 1.90. The summed E-state index contributed by atoms with van der Waals surface area (Å²) in [5.41, 5.74) is 0.838. The Balaban J connectivity index is 2.08. The molecular weight excluding hydrogens is 394 g/mol. The van der Waals surface area contributed by atoms with E-state index in [2.05, 4.69) is 15.4 Å². The first-order chi connectivity index (χ1) is 11.8. The highest BCUT2D eigenvalue weighted by Gasteiger charge is 2.16. The number of aryl methyl sites for hydroxylation is 1. The Bertz CT molecular complexity index is 799. The van der Waals surface area contributed by atoms with Crippen molar-refractivity contribution in [1.82, 2.24) is 0 Å². The minimum absolute atomic E-state index is 0.00955. The summed E-state index contributed by atoms with van der Waals surface area (Å²) in [6, 6.07) is 5.87. The van der Waals surface area contributed by atoms with E-state index in [0.717, 1.165) is 4.88 Å². The lowest BCUT2D eigenvalue weighted by Gasteiger charge is -2.12. The zero-order valence-electron chi connectivity index (χ0n) is 13.1. The average Bonchev–Trinajstić information content (AvgIpc) is 2.89. The molecule has 10 heteroatoms. The Hall–Kier alpha value is -1.97. The fourth-order valence-corrected chi connectivity index (χ4v) is 3.32. The van der Waals surface area contributed by atoms with E-state index in [9.17, 15) is 13.6 Å². The number of esters is 1. The molecule has 2 rings (SSSR count). The summed E-state index contributed by atoms with van der Waals surface area (Å²) in [6.45, 7) is -1.11. The maximum atomic E-state index is 12.2. The third-order valence-corrected chi connectivity index (χ3v) is 4.36. The van der Waals surface area contributed by atoms with Gasteiger partial charge in [0.25, 0.3) is 0 Å². The summed E-state index contributed by atoms with van der Waals surface area (Å²) >= 11 is 12.4. The van der Waals surface area contributed by atoms with Crippen molar-refractivity contribution < 1.29 is 23.0 Å². The molecule has 2 aromatic rings. The van der Waals surface area contributed by atoms with Crippen LogP contribution in [-0.4, -0.2) is 24.8 Å². The van der Waals surface area contributed by atoms with Gasteiger partial charge in [-0.2, -0.15) is 8.78 Å². The third-order valence-electron chi connectivity index (χ3n) is 2.89. The molecule has 0 unspecified atom stereocenters. The molecule has 25 heavy (non-hydrogen) atoms. The molecule has 5 nitrogen and oxygen atoms in total. The number of anilines is 2. The zero-order valence-corrected chi connectivity index (χ0v) is 15.5. The summed E-state index contributed by atoms with van der Waals surface area (Å²) in [4.78, 5) is 12.7. The number of hydrogen-bond acceptors (Lipinski definition) is 5. The second-order valence-electron chi connectivity index (χ2n) is 4.69. The standard InChI is InChI=1S/C15H13ClF2N2O3S2/c1-7-5-9(13(21)22-2)12(25-7)20-15(24)19-8-3-4-11(10(16)6-8)23-14(17)18/h3-6,14H,1-2H3,(H2,19,20,24). The van der Waals surface area contributed by atoms with Gasteiger partial charge in [0, 0.05) is 10.6 Å². The van der Waals surface area contributed by atoms with Gasteiger partial charge in [-0.25, -0.2) is 4.79 Å². The van der Waals surface area contributed by atoms with Crippen LogP contribution in [0.25, 0.3) is 0 Å². The minimum Gasteiger partial charge on any atom is -0.465 e. The molecule has 2 N–H and O–H groups in total. The molecule has 0 aliphatic rings. The van der Waals surface area contributed by atoms with Crippen molar-refractivity contribution in [3.05, 3.63) is 39.7 Å². The number of halogens is 3. The molecule has 0 bridgehead atoms. The van der Waals surface area contributed by atoms with Crippen molar-refractivity contribution in [2.45, 2.75) is 13.5 Å². The van der Waals surface area contributed by atoms with Crippen LogP contribution in [-0.2, 0) is 4.74 Å². The second kappa shape index (κ2) is 8.41. The molecule has 0 atom stereocenters. The van der Waals surface area contributed by atoms with Crippen molar-refractivity contribution in [1.29, 1.82) is 0 Å². The van der Waals surface area contributed by atoms with Gasteiger partial charge in [-0.3, -0.25) is 0 Å². The highest BCUT2D eigenvalue weighted by atomic mass is 35.5. The predicted molar refractivity (Wildman–Crippen MR) is 98.3 cm³/mol. The quantitative estimate of drug-likeness (QED) is 0.543. The highest BCUT2D eigenvalue weighted by molar-refractivity contribution is 7.80. The van der Waals surface area contributed by atoms with Gasteiger partial charge in [-0.15, -0.1) is 11.3 Å². The predicted octanol–water partition coefficient (Wildman–Crippen LogP) is 4.91. The number of thiocarbonyl (C=S) groups is 1. The Morgan fingerprint density at radius 3 is 2.64 bits per heavy atom. The lowest BCUT2D eigenvalue weighted by molar-refractivity contribution is -0.0497. The van der Waals surface area contributed by atoms with Crippen LogP contribution in [0.3, 0.4) is 0 Å². The number of ether oxygens (including phenoxy) is 2. The number of methoxy groups -OCH3 is 1. The monoisotopic (exact) mass is 406 g/mol. The number of benzene rings is 1. The molecule has 0 aliphatic heterocycles. The Kier molecular flexibility index (Phi) is 6.51. The van der Waals surface area contributed by atoms with E-state index in [-0.39, 0.29) is 15.9 Å². The van der Waals surface area contributed by atoms with Crippen LogP contribution in [0.2, 0.25) is 5.02 Å². The number of carbonyl (C=O) groups is 1. The molecule has 0 radical (unpaired) electrons. The molecule has 1 heterocycles. The van der Waals surface area contributed by atoms with Gasteiger partial charge in [0.2, 0.25) is 0 Å². The van der Waals surface area contributed by atoms with Crippen molar-refractivity contribution in [3.8, 4) is 5.75 Å². The topological polar surface area (TPSA) is 59.6 Å². The molecule has 134 valence electrons. The van der Waals surface area contributed by atoms with Gasteiger partial charge >= 0.3 is 12.6 Å². The van der Waals surface area contributed by atoms with Crippen LogP contribution in [0.5, 0.6) is 5.75 Å². The lowest BCUT2D eigenvalue weighted by atomic mass is 10.3. The smallest absolute Gasteiger partial charge is 0.387 e. The highest BCUT2D eigenvalue weighted by Crippen LogP contribution is 2.30. The van der Waals surface area contributed by atoms with Crippen molar-refractivity contribution in [3.63, 3.8) is 0 Å². The molecule has 0 saturated carbocycles. The number of alkyl halides is 2. The maximum absolute atomic E-state index is 12.2. The molecular formula is C15H13ClF2N2O3S2. The van der Waals surface area contributed by atoms with Gasteiger partial charge in [0.05, 0.1) is 17.7 Å². The number of carbonyl (C=O) groups excluding carboxylic acids is 1. The second-order valence-corrected chi connectivity index (χ2v) is 6.77. The summed E-state index contributed by atoms with van der Waals surface area (Å²) < 4.78 is 33.4. The summed E-state index contributed by atoms with van der Waals surface area (Å²) in [5, 5.41) is 6.50. The van der Waals surface area contributed by atoms with Gasteiger partial charge in [-0.05, 0) is 43.4 Å². The number of thiophene rings is 1. The van der Waals surface area contributed by atoms with E-state index in [1.54, 1.807) is 6.07 Å². The first kappa shape index (κ1) is 19.4. The first-order valence-electron chi connectivity index (χ1n) is 6.81. The normalized spacial score (nSPS) is 10.5. The van der Waals surface area contributed by atoms with E-state index in [1.807, 2.05) is 6.92 Å². The molecule has 0 fully saturated rings. The first-order valence-corrected chi connectivity index (χ1v) is 8.41. The van der Waals surface area contributed by atoms with Crippen LogP contribution in [0, 0.1) is 6.92 Å². The van der Waals surface area contributed by atoms with Gasteiger partial charge in [0.15, 0.2) is 5.11 Å². The van der Waals surface area contributed by atoms with Crippen LogP contribution in [0.4, 0.5) is 19.5 Å². The van der Waals surface area contributed by atoms with E-state index in [4.69, 9.17) is 28.6 Å². The molecule has 0 saturated heterocycles. The Morgan fingerprint density at radius 2 is 2.04 bits per heavy atom. The summed E-state index contributed by atoms with van der Waals surface area (Å²) in [5.74, 6) is -0.617. The SMILES string of the molecule is COC(=O)c1cc(C)sc1NC(=S)Nc1ccc(OC(F)F)c(Cl)c1. The molecule has 1 aromatic carbocycles. The van der Waals surface area contributed by atoms with Crippen LogP contribution in [0.15, 0.2) is 24.3 Å². The van der Waals surface area contributed by atoms with Crippen molar-refractivity contribution in [2.24, 2.45) is 0 Å². The number of rotatable bonds is 5. The van der Waals surface area contributed by atoms with Gasteiger partial charge in [-0.1, -0.05) is 11.6 Å². The van der Waals surface area contributed by atoms with E-state index >= 15 is 0 Å². The largest absolute Gasteiger partial charge is 0.465 e. The zero-order chi connectivity index (χ0) is 18.6. The van der Waals surface area contributed by atoms with Gasteiger partial charge in [0.1, 0.15) is 10.8 Å². The fraction of sp³-hybridized carbons (Fsp3) is 0.200. The molecule has 0 aliphatic carbocycles. The summed E-state index contributed by atoms with van der Waals surface area (Å²) in [6.07, 6.45) is 0. The molecule has 0 amide bonds. The molecule has 0 spiro atoms. The number of nitrogens with one attached hydrogen (secondary N) is 2. The van der Waals surface area contributed by atoms with E-state index in [0.29, 0.717) is 16.3 Å². The van der Waals surface area contributed by atoms with Crippen LogP contribution < -0.4 is 15.4 Å².